The molecular weight excluding hydrogens is 341 g/mol. The fraction of sp³-hybridized carbons (Fsp3) is 0.0526. The van der Waals surface area contributed by atoms with E-state index < -0.39 is 5.82 Å². The van der Waals surface area contributed by atoms with Crippen LogP contribution in [-0.2, 0) is 6.54 Å². The zero-order chi connectivity index (χ0) is 17.6. The minimum atomic E-state index is -0.487. The molecule has 0 saturated carbocycles. The molecule has 0 saturated heterocycles. The van der Waals surface area contributed by atoms with Gasteiger partial charge in [0.1, 0.15) is 5.82 Å². The number of rotatable bonds is 5. The molecule has 0 aliphatic rings. The molecule has 0 atom stereocenters. The smallest absolute Gasteiger partial charge is 0.253 e. The molecule has 25 heavy (non-hydrogen) atoms. The zero-order valence-electron chi connectivity index (χ0n) is 13.2. The van der Waals surface area contributed by atoms with Gasteiger partial charge in [0.25, 0.3) is 5.91 Å². The number of hydrogen-bond acceptors (Lipinski definition) is 3. The van der Waals surface area contributed by atoms with Crippen molar-refractivity contribution in [1.82, 2.24) is 10.3 Å². The fourth-order valence-electron chi connectivity index (χ4n) is 2.25. The summed E-state index contributed by atoms with van der Waals surface area (Å²) in [5, 5.41) is 5.92. The highest BCUT2D eigenvalue weighted by Crippen LogP contribution is 2.22. The van der Waals surface area contributed by atoms with Crippen LogP contribution >= 0.6 is 11.6 Å². The molecule has 6 heteroatoms. The summed E-state index contributed by atoms with van der Waals surface area (Å²) in [6, 6.07) is 15.6. The van der Waals surface area contributed by atoms with Gasteiger partial charge in [-0.1, -0.05) is 41.9 Å². The summed E-state index contributed by atoms with van der Waals surface area (Å²) in [6.45, 7) is 0.435. The topological polar surface area (TPSA) is 54.0 Å². The maximum absolute atomic E-state index is 13.2. The Hall–Kier alpha value is -2.92. The predicted octanol–water partition coefficient (Wildman–Crippen LogP) is 4.55. The van der Waals surface area contributed by atoms with Crippen LogP contribution in [0.15, 0.2) is 67.0 Å². The molecule has 1 amide bonds. The molecule has 0 radical (unpaired) electrons. The molecule has 2 N–H and O–H groups in total. The summed E-state index contributed by atoms with van der Waals surface area (Å²) >= 11 is 5.77. The van der Waals surface area contributed by atoms with E-state index in [0.29, 0.717) is 23.5 Å². The Morgan fingerprint density at radius 3 is 2.60 bits per heavy atom. The molecule has 4 nitrogen and oxygen atoms in total. The van der Waals surface area contributed by atoms with Gasteiger partial charge in [-0.05, 0) is 29.8 Å². The first-order chi connectivity index (χ1) is 12.1. The van der Waals surface area contributed by atoms with Gasteiger partial charge in [-0.3, -0.25) is 9.78 Å². The summed E-state index contributed by atoms with van der Waals surface area (Å²) < 4.78 is 13.2. The summed E-state index contributed by atoms with van der Waals surface area (Å²) in [4.78, 5) is 16.3. The Kier molecular flexibility index (Phi) is 5.26. The van der Waals surface area contributed by atoms with E-state index in [1.54, 1.807) is 18.3 Å². The number of benzene rings is 2. The maximum Gasteiger partial charge on any atom is 0.253 e. The molecule has 2 aromatic carbocycles. The molecule has 0 aliphatic heterocycles. The molecule has 0 unspecified atom stereocenters. The van der Waals surface area contributed by atoms with Crippen molar-refractivity contribution >= 4 is 28.9 Å². The van der Waals surface area contributed by atoms with Crippen LogP contribution in [0.1, 0.15) is 15.9 Å². The van der Waals surface area contributed by atoms with Crippen molar-refractivity contribution in [2.75, 3.05) is 5.32 Å². The van der Waals surface area contributed by atoms with Gasteiger partial charge in [-0.15, -0.1) is 0 Å². The van der Waals surface area contributed by atoms with E-state index in [1.807, 2.05) is 30.3 Å². The Labute approximate surface area is 149 Å². The van der Waals surface area contributed by atoms with Crippen LogP contribution in [-0.4, -0.2) is 10.9 Å². The average Bonchev–Trinajstić information content (AvgIpc) is 2.64. The van der Waals surface area contributed by atoms with Gasteiger partial charge in [0.05, 0.1) is 22.5 Å². The third kappa shape index (κ3) is 4.55. The lowest BCUT2D eigenvalue weighted by Gasteiger charge is -2.09. The quantitative estimate of drug-likeness (QED) is 0.706. The summed E-state index contributed by atoms with van der Waals surface area (Å²) in [7, 11) is 0. The van der Waals surface area contributed by atoms with E-state index in [4.69, 9.17) is 11.6 Å². The van der Waals surface area contributed by atoms with E-state index in [2.05, 4.69) is 15.6 Å². The van der Waals surface area contributed by atoms with Crippen LogP contribution in [0, 0.1) is 5.82 Å². The number of nitrogens with zero attached hydrogens (tertiary/aromatic N) is 1. The molecule has 0 aliphatic carbocycles. The highest BCUT2D eigenvalue weighted by atomic mass is 35.5. The SMILES string of the molecule is O=C(NCc1ccccc1)c1cncc(Nc2ccc(F)c(Cl)c2)c1. The van der Waals surface area contributed by atoms with Gasteiger partial charge in [0, 0.05) is 18.4 Å². The molecule has 3 rings (SSSR count). The molecule has 0 spiro atoms. The number of carbonyl (C=O) groups excluding carboxylic acids is 1. The minimum absolute atomic E-state index is 0.0229. The lowest BCUT2D eigenvalue weighted by molar-refractivity contribution is 0.0950. The van der Waals surface area contributed by atoms with E-state index in [9.17, 15) is 9.18 Å². The Bertz CT molecular complexity index is 887. The molecular formula is C19H15ClFN3O. The molecule has 3 aromatic rings. The standard InChI is InChI=1S/C19H15ClFN3O/c20-17-9-15(6-7-18(17)21)24-16-8-14(11-22-12-16)19(25)23-10-13-4-2-1-3-5-13/h1-9,11-12,24H,10H2,(H,23,25). The van der Waals surface area contributed by atoms with Crippen LogP contribution in [0.4, 0.5) is 15.8 Å². The maximum atomic E-state index is 13.2. The van der Waals surface area contributed by atoms with Crippen molar-refractivity contribution in [2.24, 2.45) is 0 Å². The highest BCUT2D eigenvalue weighted by molar-refractivity contribution is 6.31. The van der Waals surface area contributed by atoms with Gasteiger partial charge < -0.3 is 10.6 Å². The van der Waals surface area contributed by atoms with Crippen LogP contribution in [0.3, 0.4) is 0 Å². The average molecular weight is 356 g/mol. The molecule has 1 heterocycles. The van der Waals surface area contributed by atoms with E-state index in [-0.39, 0.29) is 10.9 Å². The Balaban J connectivity index is 1.68. The first-order valence-electron chi connectivity index (χ1n) is 7.61. The van der Waals surface area contributed by atoms with Crippen LogP contribution in [0.25, 0.3) is 0 Å². The largest absolute Gasteiger partial charge is 0.354 e. The summed E-state index contributed by atoms with van der Waals surface area (Å²) in [5.74, 6) is -0.712. The van der Waals surface area contributed by atoms with E-state index in [1.165, 1.54) is 18.3 Å². The number of pyridine rings is 1. The number of halogens is 2. The van der Waals surface area contributed by atoms with Crippen molar-refractivity contribution in [3.05, 3.63) is 89.0 Å². The highest BCUT2D eigenvalue weighted by Gasteiger charge is 2.08. The van der Waals surface area contributed by atoms with Crippen LogP contribution in [0.5, 0.6) is 0 Å². The molecule has 1 aromatic heterocycles. The minimum Gasteiger partial charge on any atom is -0.354 e. The molecule has 126 valence electrons. The molecule has 0 fully saturated rings. The second-order valence-electron chi connectivity index (χ2n) is 5.38. The Morgan fingerprint density at radius 1 is 1.04 bits per heavy atom. The molecule has 0 bridgehead atoms. The van der Waals surface area contributed by atoms with Crippen molar-refractivity contribution in [1.29, 1.82) is 0 Å². The van der Waals surface area contributed by atoms with Gasteiger partial charge in [-0.2, -0.15) is 0 Å². The lowest BCUT2D eigenvalue weighted by atomic mass is 10.2. The second kappa shape index (κ2) is 7.77. The van der Waals surface area contributed by atoms with Gasteiger partial charge in [0.15, 0.2) is 0 Å². The van der Waals surface area contributed by atoms with Gasteiger partial charge in [-0.25, -0.2) is 4.39 Å². The normalized spacial score (nSPS) is 10.3. The van der Waals surface area contributed by atoms with Crippen molar-refractivity contribution in [3.8, 4) is 0 Å². The fourth-order valence-corrected chi connectivity index (χ4v) is 2.43. The summed E-state index contributed by atoms with van der Waals surface area (Å²) in [5.41, 5.74) is 2.65. The number of aromatic nitrogens is 1. The van der Waals surface area contributed by atoms with Crippen LogP contribution in [0.2, 0.25) is 5.02 Å². The van der Waals surface area contributed by atoms with Crippen molar-refractivity contribution < 1.29 is 9.18 Å². The lowest BCUT2D eigenvalue weighted by Crippen LogP contribution is -2.22. The predicted molar refractivity (Wildman–Crippen MR) is 96.5 cm³/mol. The van der Waals surface area contributed by atoms with Crippen molar-refractivity contribution in [3.63, 3.8) is 0 Å². The van der Waals surface area contributed by atoms with Gasteiger partial charge >= 0.3 is 0 Å². The Morgan fingerprint density at radius 2 is 1.84 bits per heavy atom. The second-order valence-corrected chi connectivity index (χ2v) is 5.79. The third-order valence-electron chi connectivity index (χ3n) is 3.50. The monoisotopic (exact) mass is 355 g/mol. The number of amides is 1. The van der Waals surface area contributed by atoms with E-state index in [0.717, 1.165) is 5.56 Å². The zero-order valence-corrected chi connectivity index (χ0v) is 13.9. The first kappa shape index (κ1) is 16.9. The van der Waals surface area contributed by atoms with Crippen molar-refractivity contribution in [2.45, 2.75) is 6.54 Å². The number of carbonyl (C=O) groups is 1. The third-order valence-corrected chi connectivity index (χ3v) is 3.79. The van der Waals surface area contributed by atoms with E-state index >= 15 is 0 Å². The first-order valence-corrected chi connectivity index (χ1v) is 7.99. The number of anilines is 2. The van der Waals surface area contributed by atoms with Crippen LogP contribution < -0.4 is 10.6 Å². The van der Waals surface area contributed by atoms with Gasteiger partial charge in [0.2, 0.25) is 0 Å². The number of hydrogen-bond donors (Lipinski definition) is 2. The summed E-state index contributed by atoms with van der Waals surface area (Å²) in [6.07, 6.45) is 3.06. The number of nitrogens with one attached hydrogen (secondary N) is 2.